The average molecular weight is 222 g/mol. The molecule has 0 amide bonds. The van der Waals surface area contributed by atoms with Crippen LogP contribution in [0.4, 0.5) is 15.8 Å². The number of halogens is 1. The summed E-state index contributed by atoms with van der Waals surface area (Å²) in [6, 6.07) is 4.84. The smallest absolute Gasteiger partial charge is 0.125 e. The molecule has 16 heavy (non-hydrogen) atoms. The van der Waals surface area contributed by atoms with E-state index >= 15 is 0 Å². The summed E-state index contributed by atoms with van der Waals surface area (Å²) in [7, 11) is 0. The second-order valence-electron chi connectivity index (χ2n) is 4.71. The SMILES string of the molecule is CC(Nc1cc(F)ccc1N)C1CCCC1. The molecule has 1 aliphatic rings. The van der Waals surface area contributed by atoms with Crippen molar-refractivity contribution >= 4 is 11.4 Å². The van der Waals surface area contributed by atoms with Crippen molar-refractivity contribution in [1.29, 1.82) is 0 Å². The van der Waals surface area contributed by atoms with E-state index in [0.29, 0.717) is 17.6 Å². The molecule has 3 heteroatoms. The summed E-state index contributed by atoms with van der Waals surface area (Å²) < 4.78 is 13.1. The van der Waals surface area contributed by atoms with Gasteiger partial charge in [-0.2, -0.15) is 0 Å². The lowest BCUT2D eigenvalue weighted by Gasteiger charge is -2.22. The van der Waals surface area contributed by atoms with E-state index in [0.717, 1.165) is 5.69 Å². The predicted molar refractivity (Wildman–Crippen MR) is 65.9 cm³/mol. The first-order valence-electron chi connectivity index (χ1n) is 5.98. The van der Waals surface area contributed by atoms with Crippen LogP contribution in [0, 0.1) is 11.7 Å². The number of anilines is 2. The van der Waals surface area contributed by atoms with E-state index < -0.39 is 0 Å². The number of hydrogen-bond acceptors (Lipinski definition) is 2. The van der Waals surface area contributed by atoms with Gasteiger partial charge in [-0.3, -0.25) is 0 Å². The maximum absolute atomic E-state index is 13.1. The standard InChI is InChI=1S/C13H19FN2/c1-9(10-4-2-3-5-10)16-13-8-11(14)6-7-12(13)15/h6-10,16H,2-5,15H2,1H3. The van der Waals surface area contributed by atoms with Gasteiger partial charge in [-0.1, -0.05) is 12.8 Å². The molecule has 0 radical (unpaired) electrons. The zero-order valence-corrected chi connectivity index (χ0v) is 9.67. The van der Waals surface area contributed by atoms with Gasteiger partial charge in [0, 0.05) is 6.04 Å². The van der Waals surface area contributed by atoms with Crippen molar-refractivity contribution in [3.05, 3.63) is 24.0 Å². The highest BCUT2D eigenvalue weighted by Crippen LogP contribution is 2.30. The first-order valence-corrected chi connectivity index (χ1v) is 5.98. The third-order valence-electron chi connectivity index (χ3n) is 3.51. The van der Waals surface area contributed by atoms with E-state index in [-0.39, 0.29) is 5.82 Å². The molecule has 2 nitrogen and oxygen atoms in total. The van der Waals surface area contributed by atoms with Crippen molar-refractivity contribution in [3.8, 4) is 0 Å². The Labute approximate surface area is 96.0 Å². The summed E-state index contributed by atoms with van der Waals surface area (Å²) in [5.74, 6) is 0.456. The van der Waals surface area contributed by atoms with Gasteiger partial charge in [0.15, 0.2) is 0 Å². The zero-order chi connectivity index (χ0) is 11.5. The summed E-state index contributed by atoms with van der Waals surface area (Å²) in [4.78, 5) is 0. The number of benzene rings is 1. The predicted octanol–water partition coefficient (Wildman–Crippen LogP) is 3.40. The van der Waals surface area contributed by atoms with Crippen LogP contribution in [0.2, 0.25) is 0 Å². The lowest BCUT2D eigenvalue weighted by atomic mass is 9.99. The molecule has 0 aliphatic heterocycles. The van der Waals surface area contributed by atoms with Gasteiger partial charge in [-0.25, -0.2) is 4.39 Å². The molecule has 2 rings (SSSR count). The van der Waals surface area contributed by atoms with Gasteiger partial charge >= 0.3 is 0 Å². The molecule has 1 aromatic rings. The van der Waals surface area contributed by atoms with Crippen molar-refractivity contribution in [3.63, 3.8) is 0 Å². The molecular weight excluding hydrogens is 203 g/mol. The fourth-order valence-corrected chi connectivity index (χ4v) is 2.47. The minimum atomic E-state index is -0.240. The van der Waals surface area contributed by atoms with Gasteiger partial charge in [0.25, 0.3) is 0 Å². The fraction of sp³-hybridized carbons (Fsp3) is 0.538. The van der Waals surface area contributed by atoms with Crippen molar-refractivity contribution in [1.82, 2.24) is 0 Å². The molecule has 0 saturated heterocycles. The number of hydrogen-bond donors (Lipinski definition) is 2. The average Bonchev–Trinajstić information content (AvgIpc) is 2.76. The van der Waals surface area contributed by atoms with Crippen LogP contribution in [-0.4, -0.2) is 6.04 Å². The highest BCUT2D eigenvalue weighted by Gasteiger charge is 2.21. The van der Waals surface area contributed by atoms with Crippen LogP contribution in [0.25, 0.3) is 0 Å². The normalized spacial score (nSPS) is 18.6. The molecule has 0 aromatic heterocycles. The molecule has 88 valence electrons. The Bertz CT molecular complexity index is 359. The number of nitrogen functional groups attached to an aromatic ring is 1. The maximum atomic E-state index is 13.1. The highest BCUT2D eigenvalue weighted by molar-refractivity contribution is 5.66. The van der Waals surface area contributed by atoms with Crippen molar-refractivity contribution < 1.29 is 4.39 Å². The highest BCUT2D eigenvalue weighted by atomic mass is 19.1. The zero-order valence-electron chi connectivity index (χ0n) is 9.67. The maximum Gasteiger partial charge on any atom is 0.125 e. The van der Waals surface area contributed by atoms with E-state index in [9.17, 15) is 4.39 Å². The molecule has 1 fully saturated rings. The topological polar surface area (TPSA) is 38.0 Å². The largest absolute Gasteiger partial charge is 0.397 e. The Kier molecular flexibility index (Phi) is 3.32. The van der Waals surface area contributed by atoms with Gasteiger partial charge in [0.1, 0.15) is 5.82 Å². The number of rotatable bonds is 3. The van der Waals surface area contributed by atoms with Gasteiger partial charge in [0.2, 0.25) is 0 Å². The summed E-state index contributed by atoms with van der Waals surface area (Å²) in [5, 5.41) is 3.33. The Morgan fingerprint density at radius 1 is 1.38 bits per heavy atom. The molecular formula is C13H19FN2. The lowest BCUT2D eigenvalue weighted by Crippen LogP contribution is -2.24. The van der Waals surface area contributed by atoms with E-state index in [1.807, 2.05) is 0 Å². The Morgan fingerprint density at radius 3 is 2.75 bits per heavy atom. The first-order chi connectivity index (χ1) is 7.66. The van der Waals surface area contributed by atoms with Gasteiger partial charge in [0.05, 0.1) is 11.4 Å². The molecule has 1 aromatic carbocycles. The summed E-state index contributed by atoms with van der Waals surface area (Å²) in [6.45, 7) is 2.15. The summed E-state index contributed by atoms with van der Waals surface area (Å²) >= 11 is 0. The quantitative estimate of drug-likeness (QED) is 0.769. The Hall–Kier alpha value is -1.25. The van der Waals surface area contributed by atoms with Crippen molar-refractivity contribution in [2.75, 3.05) is 11.1 Å². The minimum absolute atomic E-state index is 0.240. The molecule has 3 N–H and O–H groups in total. The van der Waals surface area contributed by atoms with E-state index in [2.05, 4.69) is 12.2 Å². The van der Waals surface area contributed by atoms with Crippen LogP contribution in [0.5, 0.6) is 0 Å². The van der Waals surface area contributed by atoms with E-state index in [1.165, 1.54) is 37.8 Å². The second kappa shape index (κ2) is 4.73. The number of nitrogens with one attached hydrogen (secondary N) is 1. The van der Waals surface area contributed by atoms with Crippen LogP contribution in [0.1, 0.15) is 32.6 Å². The van der Waals surface area contributed by atoms with E-state index in [4.69, 9.17) is 5.73 Å². The Balaban J connectivity index is 2.04. The third kappa shape index (κ3) is 2.46. The van der Waals surface area contributed by atoms with Crippen LogP contribution in [0.3, 0.4) is 0 Å². The minimum Gasteiger partial charge on any atom is -0.397 e. The van der Waals surface area contributed by atoms with Crippen LogP contribution >= 0.6 is 0 Å². The molecule has 1 atom stereocenters. The van der Waals surface area contributed by atoms with Crippen LogP contribution in [-0.2, 0) is 0 Å². The first kappa shape index (κ1) is 11.2. The lowest BCUT2D eigenvalue weighted by molar-refractivity contribution is 0.482. The third-order valence-corrected chi connectivity index (χ3v) is 3.51. The van der Waals surface area contributed by atoms with E-state index in [1.54, 1.807) is 6.07 Å². The Morgan fingerprint density at radius 2 is 2.06 bits per heavy atom. The molecule has 1 saturated carbocycles. The summed E-state index contributed by atoms with van der Waals surface area (Å²) in [6.07, 6.45) is 5.16. The second-order valence-corrected chi connectivity index (χ2v) is 4.71. The molecule has 0 spiro atoms. The number of nitrogens with two attached hydrogens (primary N) is 1. The van der Waals surface area contributed by atoms with Gasteiger partial charge < -0.3 is 11.1 Å². The molecule has 0 heterocycles. The van der Waals surface area contributed by atoms with Gasteiger partial charge in [-0.15, -0.1) is 0 Å². The monoisotopic (exact) mass is 222 g/mol. The molecule has 0 bridgehead atoms. The fourth-order valence-electron chi connectivity index (χ4n) is 2.47. The molecule has 1 unspecified atom stereocenters. The van der Waals surface area contributed by atoms with Crippen LogP contribution in [0.15, 0.2) is 18.2 Å². The van der Waals surface area contributed by atoms with Gasteiger partial charge in [-0.05, 0) is 43.9 Å². The van der Waals surface area contributed by atoms with Crippen molar-refractivity contribution in [2.45, 2.75) is 38.6 Å². The van der Waals surface area contributed by atoms with Crippen LogP contribution < -0.4 is 11.1 Å². The van der Waals surface area contributed by atoms with Crippen molar-refractivity contribution in [2.24, 2.45) is 5.92 Å². The summed E-state index contributed by atoms with van der Waals surface area (Å²) in [5.41, 5.74) is 7.15. The molecule has 1 aliphatic carbocycles.